The van der Waals surface area contributed by atoms with Crippen molar-refractivity contribution >= 4 is 11.8 Å². The van der Waals surface area contributed by atoms with Gasteiger partial charge in [-0.25, -0.2) is 0 Å². The molecule has 2 rings (SSSR count). The van der Waals surface area contributed by atoms with Gasteiger partial charge in [-0.05, 0) is 19.9 Å². The van der Waals surface area contributed by atoms with Crippen molar-refractivity contribution in [2.75, 3.05) is 45.5 Å². The molecule has 2 heterocycles. The lowest BCUT2D eigenvalue weighted by atomic mass is 10.2. The van der Waals surface area contributed by atoms with Gasteiger partial charge in [0.25, 0.3) is 0 Å². The van der Waals surface area contributed by atoms with Crippen LogP contribution in [0.25, 0.3) is 0 Å². The van der Waals surface area contributed by atoms with E-state index in [-0.39, 0.29) is 0 Å². The Labute approximate surface area is 97.1 Å². The zero-order valence-electron chi connectivity index (χ0n) is 9.82. The number of nitrogens with zero attached hydrogens (tertiary/aromatic N) is 2. The first-order valence-corrected chi connectivity index (χ1v) is 6.97. The standard InChI is InChI=1S/C11H22N2OS/c1-12-10(3-4-11(12)8-14-2)7-13-5-6-15-9-13/h10-11H,3-9H2,1-2H3/t10?,11-/m1/s1. The van der Waals surface area contributed by atoms with E-state index in [1.165, 1.54) is 37.6 Å². The van der Waals surface area contributed by atoms with Crippen LogP contribution in [-0.4, -0.2) is 67.4 Å². The summed E-state index contributed by atoms with van der Waals surface area (Å²) in [6.45, 7) is 3.43. The summed E-state index contributed by atoms with van der Waals surface area (Å²) in [5.74, 6) is 2.55. The Hall–Kier alpha value is 0.230. The minimum absolute atomic E-state index is 0.648. The summed E-state index contributed by atoms with van der Waals surface area (Å²) in [6.07, 6.45) is 2.64. The van der Waals surface area contributed by atoms with Crippen molar-refractivity contribution in [2.24, 2.45) is 0 Å². The molecule has 2 aliphatic rings. The van der Waals surface area contributed by atoms with Gasteiger partial charge in [-0.2, -0.15) is 0 Å². The Balaban J connectivity index is 1.78. The van der Waals surface area contributed by atoms with Crippen molar-refractivity contribution in [3.05, 3.63) is 0 Å². The smallest absolute Gasteiger partial charge is 0.0618 e. The van der Waals surface area contributed by atoms with Gasteiger partial charge in [0.15, 0.2) is 0 Å². The summed E-state index contributed by atoms with van der Waals surface area (Å²) >= 11 is 2.06. The van der Waals surface area contributed by atoms with Crippen molar-refractivity contribution < 1.29 is 4.74 Å². The second-order valence-electron chi connectivity index (χ2n) is 4.62. The van der Waals surface area contributed by atoms with Gasteiger partial charge in [0.05, 0.1) is 6.61 Å². The van der Waals surface area contributed by atoms with E-state index in [1.54, 1.807) is 7.11 Å². The molecule has 2 aliphatic heterocycles. The van der Waals surface area contributed by atoms with Gasteiger partial charge in [0, 0.05) is 43.9 Å². The van der Waals surface area contributed by atoms with E-state index in [2.05, 4.69) is 28.6 Å². The van der Waals surface area contributed by atoms with E-state index in [4.69, 9.17) is 4.74 Å². The highest BCUT2D eigenvalue weighted by Crippen LogP contribution is 2.24. The Morgan fingerprint density at radius 1 is 1.33 bits per heavy atom. The molecule has 0 aromatic heterocycles. The zero-order chi connectivity index (χ0) is 10.7. The molecule has 1 unspecified atom stereocenters. The SMILES string of the molecule is COC[C@H]1CCC(CN2CCSC2)N1C. The van der Waals surface area contributed by atoms with Crippen molar-refractivity contribution in [1.29, 1.82) is 0 Å². The second kappa shape index (κ2) is 5.53. The summed E-state index contributed by atoms with van der Waals surface area (Å²) < 4.78 is 5.26. The number of methoxy groups -OCH3 is 1. The average Bonchev–Trinajstić information content (AvgIpc) is 2.83. The first kappa shape index (κ1) is 11.7. The molecule has 0 radical (unpaired) electrons. The molecule has 2 atom stereocenters. The molecule has 2 fully saturated rings. The van der Waals surface area contributed by atoms with Crippen LogP contribution in [0.15, 0.2) is 0 Å². The van der Waals surface area contributed by atoms with Crippen LogP contribution in [0.3, 0.4) is 0 Å². The number of rotatable bonds is 4. The second-order valence-corrected chi connectivity index (χ2v) is 5.69. The molecule has 0 N–H and O–H groups in total. The predicted molar refractivity (Wildman–Crippen MR) is 65.3 cm³/mol. The van der Waals surface area contributed by atoms with Crippen LogP contribution in [0.4, 0.5) is 0 Å². The van der Waals surface area contributed by atoms with E-state index in [1.807, 2.05) is 0 Å². The first-order valence-electron chi connectivity index (χ1n) is 5.82. The maximum absolute atomic E-state index is 5.26. The lowest BCUT2D eigenvalue weighted by molar-refractivity contribution is 0.105. The molecule has 0 bridgehead atoms. The monoisotopic (exact) mass is 230 g/mol. The maximum atomic E-state index is 5.26. The molecule has 0 saturated carbocycles. The topological polar surface area (TPSA) is 15.7 Å². The molecule has 3 nitrogen and oxygen atoms in total. The minimum Gasteiger partial charge on any atom is -0.383 e. The number of hydrogen-bond acceptors (Lipinski definition) is 4. The van der Waals surface area contributed by atoms with Crippen LogP contribution in [0, 0.1) is 0 Å². The Morgan fingerprint density at radius 3 is 2.80 bits per heavy atom. The summed E-state index contributed by atoms with van der Waals surface area (Å²) in [7, 11) is 4.06. The number of likely N-dealkylation sites (tertiary alicyclic amines) is 1. The van der Waals surface area contributed by atoms with Gasteiger partial charge in [0.1, 0.15) is 0 Å². The lowest BCUT2D eigenvalue weighted by Gasteiger charge is -2.28. The first-order chi connectivity index (χ1) is 7.31. The summed E-state index contributed by atoms with van der Waals surface area (Å²) in [5.41, 5.74) is 0. The molecule has 88 valence electrons. The van der Waals surface area contributed by atoms with Crippen LogP contribution in [0.5, 0.6) is 0 Å². The Kier molecular flexibility index (Phi) is 4.31. The number of hydrogen-bond donors (Lipinski definition) is 0. The highest BCUT2D eigenvalue weighted by molar-refractivity contribution is 7.99. The molecule has 4 heteroatoms. The molecule has 0 spiro atoms. The van der Waals surface area contributed by atoms with Crippen LogP contribution in [-0.2, 0) is 4.74 Å². The fraction of sp³-hybridized carbons (Fsp3) is 1.00. The molecule has 0 aliphatic carbocycles. The van der Waals surface area contributed by atoms with Crippen LogP contribution in [0.2, 0.25) is 0 Å². The van der Waals surface area contributed by atoms with Gasteiger partial charge in [-0.1, -0.05) is 0 Å². The molecule has 0 amide bonds. The van der Waals surface area contributed by atoms with E-state index in [9.17, 15) is 0 Å². The third-order valence-corrected chi connectivity index (χ3v) is 4.66. The quantitative estimate of drug-likeness (QED) is 0.718. The lowest BCUT2D eigenvalue weighted by Crippen LogP contribution is -2.41. The molecule has 15 heavy (non-hydrogen) atoms. The fourth-order valence-electron chi connectivity index (χ4n) is 2.60. The van der Waals surface area contributed by atoms with E-state index in [0.717, 1.165) is 12.6 Å². The van der Waals surface area contributed by atoms with Gasteiger partial charge >= 0.3 is 0 Å². The summed E-state index contributed by atoms with van der Waals surface area (Å²) in [4.78, 5) is 5.10. The molecular weight excluding hydrogens is 208 g/mol. The summed E-state index contributed by atoms with van der Waals surface area (Å²) in [5, 5.41) is 0. The molecular formula is C11H22N2OS. The molecule has 2 saturated heterocycles. The van der Waals surface area contributed by atoms with Crippen molar-refractivity contribution in [3.8, 4) is 0 Å². The van der Waals surface area contributed by atoms with Crippen LogP contribution < -0.4 is 0 Å². The van der Waals surface area contributed by atoms with Crippen molar-refractivity contribution in [3.63, 3.8) is 0 Å². The number of likely N-dealkylation sites (N-methyl/N-ethyl adjacent to an activating group) is 1. The van der Waals surface area contributed by atoms with E-state index >= 15 is 0 Å². The number of thioether (sulfide) groups is 1. The maximum Gasteiger partial charge on any atom is 0.0618 e. The van der Waals surface area contributed by atoms with Crippen molar-refractivity contribution in [2.45, 2.75) is 24.9 Å². The fourth-order valence-corrected chi connectivity index (χ4v) is 3.61. The largest absolute Gasteiger partial charge is 0.383 e. The summed E-state index contributed by atoms with van der Waals surface area (Å²) in [6, 6.07) is 1.40. The highest BCUT2D eigenvalue weighted by Gasteiger charge is 2.31. The van der Waals surface area contributed by atoms with Crippen LogP contribution in [0.1, 0.15) is 12.8 Å². The van der Waals surface area contributed by atoms with Crippen LogP contribution >= 0.6 is 11.8 Å². The normalized spacial score (nSPS) is 34.0. The van der Waals surface area contributed by atoms with E-state index in [0.29, 0.717) is 6.04 Å². The van der Waals surface area contributed by atoms with Gasteiger partial charge < -0.3 is 4.74 Å². The molecule has 0 aromatic rings. The van der Waals surface area contributed by atoms with Gasteiger partial charge in [-0.3, -0.25) is 9.80 Å². The predicted octanol–water partition coefficient (Wildman–Crippen LogP) is 1.10. The molecule has 0 aromatic carbocycles. The van der Waals surface area contributed by atoms with Crippen molar-refractivity contribution in [1.82, 2.24) is 9.80 Å². The minimum atomic E-state index is 0.648. The zero-order valence-corrected chi connectivity index (χ0v) is 10.6. The Morgan fingerprint density at radius 2 is 2.13 bits per heavy atom. The van der Waals surface area contributed by atoms with E-state index < -0.39 is 0 Å². The average molecular weight is 230 g/mol. The van der Waals surface area contributed by atoms with Gasteiger partial charge in [-0.15, -0.1) is 11.8 Å². The highest BCUT2D eigenvalue weighted by atomic mass is 32.2. The third-order valence-electron chi connectivity index (χ3n) is 3.64. The third kappa shape index (κ3) is 2.87. The van der Waals surface area contributed by atoms with Gasteiger partial charge in [0.2, 0.25) is 0 Å². The Bertz CT molecular complexity index is 197. The number of ether oxygens (including phenoxy) is 1.